The highest BCUT2D eigenvalue weighted by Gasteiger charge is 2.35. The largest absolute Gasteiger partial charge is 0.487 e. The summed E-state index contributed by atoms with van der Waals surface area (Å²) in [7, 11) is 0. The number of nitrogens with zero attached hydrogens (tertiary/aromatic N) is 3. The lowest BCUT2D eigenvalue weighted by atomic mass is 10.0. The summed E-state index contributed by atoms with van der Waals surface area (Å²) in [6.45, 7) is 18.0. The van der Waals surface area contributed by atoms with E-state index in [-0.39, 0.29) is 11.4 Å². The molecule has 0 atom stereocenters. The predicted molar refractivity (Wildman–Crippen MR) is 120 cm³/mol. The number of hydrogen-bond donors (Lipinski definition) is 0. The van der Waals surface area contributed by atoms with E-state index in [2.05, 4.69) is 9.55 Å². The third-order valence-corrected chi connectivity index (χ3v) is 4.41. The molecule has 0 aliphatic carbocycles. The first-order valence-corrected chi connectivity index (χ1v) is 10.8. The lowest BCUT2D eigenvalue weighted by molar-refractivity contribution is 0.00504. The summed E-state index contributed by atoms with van der Waals surface area (Å²) in [4.78, 5) is 22.6. The summed E-state index contributed by atoms with van der Waals surface area (Å²) >= 11 is 0. The highest BCUT2D eigenvalue weighted by molar-refractivity contribution is 5.97. The molecule has 3 rings (SSSR count). The van der Waals surface area contributed by atoms with Crippen molar-refractivity contribution < 1.29 is 19.0 Å². The minimum absolute atomic E-state index is 0.217. The molecular formula is C24H35N3O4. The van der Waals surface area contributed by atoms with E-state index < -0.39 is 22.8 Å². The topological polar surface area (TPSA) is 75.5 Å². The smallest absolute Gasteiger partial charge is 0.348 e. The van der Waals surface area contributed by atoms with Gasteiger partial charge in [0.2, 0.25) is 5.88 Å². The number of fused-ring (bicyclic) bond motifs is 3. The fourth-order valence-corrected chi connectivity index (χ4v) is 3.44. The van der Waals surface area contributed by atoms with E-state index in [1.165, 1.54) is 0 Å². The first kappa shape index (κ1) is 23.1. The van der Waals surface area contributed by atoms with E-state index in [1.54, 1.807) is 6.20 Å². The number of carbonyl (C=O) groups is 1. The maximum Gasteiger partial charge on any atom is 0.348 e. The van der Waals surface area contributed by atoms with Gasteiger partial charge in [0, 0.05) is 12.1 Å². The molecule has 0 unspecified atom stereocenters. The summed E-state index contributed by atoms with van der Waals surface area (Å²) < 4.78 is 20.5. The van der Waals surface area contributed by atoms with E-state index >= 15 is 0 Å². The number of hydrogen-bond acceptors (Lipinski definition) is 6. The van der Waals surface area contributed by atoms with Crippen molar-refractivity contribution in [3.8, 4) is 23.0 Å². The van der Waals surface area contributed by atoms with Gasteiger partial charge in [0.15, 0.2) is 5.56 Å². The number of rotatable bonds is 3. The Balaban J connectivity index is 2.34. The summed E-state index contributed by atoms with van der Waals surface area (Å²) in [6, 6.07) is 0. The van der Waals surface area contributed by atoms with Crippen LogP contribution < -0.4 is 9.47 Å². The molecule has 0 radical (unpaired) electrons. The number of pyridine rings is 1. The van der Waals surface area contributed by atoms with Crippen molar-refractivity contribution in [1.29, 1.82) is 0 Å². The Labute approximate surface area is 185 Å². The lowest BCUT2D eigenvalue weighted by Crippen LogP contribution is -2.30. The zero-order valence-corrected chi connectivity index (χ0v) is 20.3. The zero-order valence-electron chi connectivity index (χ0n) is 20.3. The van der Waals surface area contributed by atoms with Gasteiger partial charge in [-0.25, -0.2) is 14.8 Å². The van der Waals surface area contributed by atoms with Crippen LogP contribution in [0.3, 0.4) is 0 Å². The van der Waals surface area contributed by atoms with Crippen molar-refractivity contribution in [3.63, 3.8) is 0 Å². The average Bonchev–Trinajstić information content (AvgIpc) is 2.93. The molecule has 0 saturated carbocycles. The van der Waals surface area contributed by atoms with Gasteiger partial charge < -0.3 is 18.8 Å². The highest BCUT2D eigenvalue weighted by atomic mass is 16.6. The van der Waals surface area contributed by atoms with Gasteiger partial charge in [0.05, 0.1) is 23.9 Å². The maximum atomic E-state index is 13.4. The second kappa shape index (κ2) is 7.84. The summed E-state index contributed by atoms with van der Waals surface area (Å²) in [5, 5.41) is 0. The Bertz CT molecular complexity index is 972. The van der Waals surface area contributed by atoms with Crippen LogP contribution in [-0.2, 0) is 17.7 Å². The van der Waals surface area contributed by atoms with Gasteiger partial charge in [-0.1, -0.05) is 0 Å². The Morgan fingerprint density at radius 2 is 1.61 bits per heavy atom. The molecule has 1 aliphatic heterocycles. The molecule has 0 bridgehead atoms. The fraction of sp³-hybridized carbons (Fsp3) is 0.625. The molecule has 0 N–H and O–H groups in total. The van der Waals surface area contributed by atoms with Crippen LogP contribution in [-0.4, -0.2) is 37.3 Å². The van der Waals surface area contributed by atoms with E-state index in [0.29, 0.717) is 5.75 Å². The molecule has 0 spiro atoms. The monoisotopic (exact) mass is 429 g/mol. The van der Waals surface area contributed by atoms with E-state index in [4.69, 9.17) is 19.2 Å². The summed E-state index contributed by atoms with van der Waals surface area (Å²) in [6.07, 6.45) is 5.21. The Morgan fingerprint density at radius 1 is 0.968 bits per heavy atom. The van der Waals surface area contributed by atoms with Crippen molar-refractivity contribution in [2.45, 2.75) is 98.5 Å². The van der Waals surface area contributed by atoms with Crippen LogP contribution in [0.1, 0.15) is 84.7 Å². The van der Waals surface area contributed by atoms with Crippen LogP contribution in [0.2, 0.25) is 0 Å². The first-order valence-electron chi connectivity index (χ1n) is 10.8. The number of aromatic nitrogens is 3. The zero-order chi connectivity index (χ0) is 23.2. The van der Waals surface area contributed by atoms with Crippen LogP contribution in [0.5, 0.6) is 11.6 Å². The first-order chi connectivity index (χ1) is 14.1. The quantitative estimate of drug-likeness (QED) is 0.624. The van der Waals surface area contributed by atoms with Crippen LogP contribution >= 0.6 is 0 Å². The van der Waals surface area contributed by atoms with Crippen molar-refractivity contribution in [1.82, 2.24) is 14.5 Å². The van der Waals surface area contributed by atoms with E-state index in [9.17, 15) is 4.79 Å². The van der Waals surface area contributed by atoms with Crippen molar-refractivity contribution in [3.05, 3.63) is 23.7 Å². The minimum Gasteiger partial charge on any atom is -0.487 e. The molecule has 170 valence electrons. The van der Waals surface area contributed by atoms with Gasteiger partial charge in [0.25, 0.3) is 0 Å². The van der Waals surface area contributed by atoms with Crippen molar-refractivity contribution in [2.75, 3.05) is 0 Å². The standard InChI is InChI=1S/C24H35N3O4/c1-22(2,3)29-19-15-11-10-12-27-14-25-13-16(27)18(15)26-20(30-23(4,5)6)17(19)21(28)31-24(7,8)9/h13-14H,10-12H2,1-9H3. The minimum atomic E-state index is -0.666. The SMILES string of the molecule is CC(C)(C)OC(=O)c1c(OC(C)(C)C)nc2c(c1OC(C)(C)C)CCCn1cncc1-2. The molecule has 3 heterocycles. The van der Waals surface area contributed by atoms with Gasteiger partial charge in [-0.15, -0.1) is 0 Å². The Morgan fingerprint density at radius 3 is 2.19 bits per heavy atom. The molecule has 7 nitrogen and oxygen atoms in total. The number of imidazole rings is 1. The lowest BCUT2D eigenvalue weighted by Gasteiger charge is -2.29. The van der Waals surface area contributed by atoms with E-state index in [1.807, 2.05) is 68.6 Å². The van der Waals surface area contributed by atoms with E-state index in [0.717, 1.165) is 36.3 Å². The number of aryl methyl sites for hydroxylation is 1. The molecule has 0 fully saturated rings. The molecule has 7 heteroatoms. The van der Waals surface area contributed by atoms with Crippen LogP contribution in [0.15, 0.2) is 12.5 Å². The summed E-state index contributed by atoms with van der Waals surface area (Å²) in [5.41, 5.74) is 0.990. The third kappa shape index (κ3) is 5.57. The molecule has 0 amide bonds. The molecule has 1 aliphatic rings. The van der Waals surface area contributed by atoms with Gasteiger partial charge in [0.1, 0.15) is 22.6 Å². The van der Waals surface area contributed by atoms with Gasteiger partial charge in [-0.3, -0.25) is 0 Å². The van der Waals surface area contributed by atoms with Crippen molar-refractivity contribution >= 4 is 5.97 Å². The molecule has 31 heavy (non-hydrogen) atoms. The molecule has 2 aromatic rings. The second-order valence-corrected chi connectivity index (χ2v) is 11.0. The van der Waals surface area contributed by atoms with Crippen LogP contribution in [0, 0.1) is 0 Å². The highest BCUT2D eigenvalue weighted by Crippen LogP contribution is 2.42. The Kier molecular flexibility index (Phi) is 5.84. The molecule has 0 aromatic carbocycles. The number of esters is 1. The van der Waals surface area contributed by atoms with Crippen molar-refractivity contribution in [2.24, 2.45) is 0 Å². The third-order valence-electron chi connectivity index (χ3n) is 4.41. The Hall–Kier alpha value is -2.57. The maximum absolute atomic E-state index is 13.4. The number of ether oxygens (including phenoxy) is 3. The normalized spacial score (nSPS) is 14.4. The van der Waals surface area contributed by atoms with Crippen LogP contribution in [0.4, 0.5) is 0 Å². The van der Waals surface area contributed by atoms with Gasteiger partial charge >= 0.3 is 5.97 Å². The number of carbonyl (C=O) groups excluding carboxylic acids is 1. The van der Waals surface area contributed by atoms with Gasteiger partial charge in [-0.2, -0.15) is 0 Å². The molecule has 0 saturated heterocycles. The predicted octanol–water partition coefficient (Wildman–Crippen LogP) is 5.20. The summed E-state index contributed by atoms with van der Waals surface area (Å²) in [5.74, 6) is 0.203. The molecular weight excluding hydrogens is 394 g/mol. The second-order valence-electron chi connectivity index (χ2n) is 11.0. The average molecular weight is 430 g/mol. The van der Waals surface area contributed by atoms with Crippen LogP contribution in [0.25, 0.3) is 11.4 Å². The fourth-order valence-electron chi connectivity index (χ4n) is 3.44. The van der Waals surface area contributed by atoms with Gasteiger partial charge in [-0.05, 0) is 75.2 Å². The molecule has 2 aromatic heterocycles.